The standard InChI is InChI=1S/C19H38N2/c1-16-12-11-15-21(17(16)2)19-14-10-8-6-4-3-5-7-9-13-18(19)20/h16-19H,3-15,20H2,1-2H3. The summed E-state index contributed by atoms with van der Waals surface area (Å²) in [5, 5.41) is 0. The van der Waals surface area contributed by atoms with Gasteiger partial charge < -0.3 is 5.73 Å². The number of hydrogen-bond donors (Lipinski definition) is 1. The molecular weight excluding hydrogens is 256 g/mol. The van der Waals surface area contributed by atoms with Crippen LogP contribution in [-0.2, 0) is 0 Å². The fraction of sp³-hybridized carbons (Fsp3) is 1.00. The number of piperidine rings is 1. The maximum absolute atomic E-state index is 6.66. The first-order valence-corrected chi connectivity index (χ1v) is 9.71. The lowest BCUT2D eigenvalue weighted by Gasteiger charge is -2.45. The molecule has 2 heteroatoms. The minimum atomic E-state index is 0.400. The summed E-state index contributed by atoms with van der Waals surface area (Å²) >= 11 is 0. The average molecular weight is 295 g/mol. The lowest BCUT2D eigenvalue weighted by atomic mass is 9.86. The Labute approximate surface area is 132 Å². The molecule has 0 aromatic rings. The second-order valence-corrected chi connectivity index (χ2v) is 7.73. The van der Waals surface area contributed by atoms with E-state index in [1.165, 1.54) is 83.6 Å². The molecule has 0 aromatic carbocycles. The smallest absolute Gasteiger partial charge is 0.0250 e. The highest BCUT2D eigenvalue weighted by molar-refractivity contribution is 4.89. The van der Waals surface area contributed by atoms with Crippen LogP contribution in [0.5, 0.6) is 0 Å². The molecule has 2 nitrogen and oxygen atoms in total. The van der Waals surface area contributed by atoms with Gasteiger partial charge in [-0.3, -0.25) is 4.90 Å². The predicted molar refractivity (Wildman–Crippen MR) is 92.5 cm³/mol. The van der Waals surface area contributed by atoms with Crippen LogP contribution < -0.4 is 5.73 Å². The van der Waals surface area contributed by atoms with E-state index in [0.29, 0.717) is 12.1 Å². The maximum atomic E-state index is 6.66. The summed E-state index contributed by atoms with van der Waals surface area (Å²) in [5.41, 5.74) is 6.66. The summed E-state index contributed by atoms with van der Waals surface area (Å²) in [7, 11) is 0. The highest BCUT2D eigenvalue weighted by atomic mass is 15.2. The van der Waals surface area contributed by atoms with Gasteiger partial charge in [-0.05, 0) is 45.1 Å². The van der Waals surface area contributed by atoms with E-state index in [-0.39, 0.29) is 0 Å². The summed E-state index contributed by atoms with van der Waals surface area (Å²) in [6.45, 7) is 6.15. The van der Waals surface area contributed by atoms with Crippen LogP contribution in [0.25, 0.3) is 0 Å². The zero-order valence-corrected chi connectivity index (χ0v) is 14.5. The highest BCUT2D eigenvalue weighted by Crippen LogP contribution is 2.29. The van der Waals surface area contributed by atoms with E-state index >= 15 is 0 Å². The largest absolute Gasteiger partial charge is 0.326 e. The topological polar surface area (TPSA) is 29.3 Å². The third-order valence-electron chi connectivity index (χ3n) is 6.13. The van der Waals surface area contributed by atoms with Crippen LogP contribution in [0.1, 0.15) is 90.9 Å². The molecule has 21 heavy (non-hydrogen) atoms. The molecule has 124 valence electrons. The zero-order valence-electron chi connectivity index (χ0n) is 14.5. The first-order valence-electron chi connectivity index (χ1n) is 9.71. The third kappa shape index (κ3) is 5.25. The molecule has 2 aliphatic rings. The molecule has 1 aliphatic carbocycles. The Morgan fingerprint density at radius 2 is 1.29 bits per heavy atom. The fourth-order valence-corrected chi connectivity index (χ4v) is 4.45. The number of rotatable bonds is 1. The van der Waals surface area contributed by atoms with Gasteiger partial charge in [0, 0.05) is 18.1 Å². The monoisotopic (exact) mass is 294 g/mol. The molecule has 1 heterocycles. The van der Waals surface area contributed by atoms with E-state index in [1.807, 2.05) is 0 Å². The van der Waals surface area contributed by atoms with Crippen molar-refractivity contribution in [2.45, 2.75) is 109 Å². The van der Waals surface area contributed by atoms with Gasteiger partial charge in [0.1, 0.15) is 0 Å². The van der Waals surface area contributed by atoms with Crippen LogP contribution in [0.15, 0.2) is 0 Å². The summed E-state index contributed by atoms with van der Waals surface area (Å²) < 4.78 is 0. The number of likely N-dealkylation sites (tertiary alicyclic amines) is 1. The molecule has 4 unspecified atom stereocenters. The van der Waals surface area contributed by atoms with Gasteiger partial charge in [-0.25, -0.2) is 0 Å². The van der Waals surface area contributed by atoms with Gasteiger partial charge in [0.25, 0.3) is 0 Å². The fourth-order valence-electron chi connectivity index (χ4n) is 4.45. The van der Waals surface area contributed by atoms with Crippen molar-refractivity contribution in [1.29, 1.82) is 0 Å². The Balaban J connectivity index is 1.96. The third-order valence-corrected chi connectivity index (χ3v) is 6.13. The van der Waals surface area contributed by atoms with E-state index in [0.717, 1.165) is 12.0 Å². The highest BCUT2D eigenvalue weighted by Gasteiger charge is 2.32. The van der Waals surface area contributed by atoms with Crippen molar-refractivity contribution in [3.05, 3.63) is 0 Å². The van der Waals surface area contributed by atoms with Gasteiger partial charge >= 0.3 is 0 Å². The average Bonchev–Trinajstić information content (AvgIpc) is 2.46. The van der Waals surface area contributed by atoms with Crippen molar-refractivity contribution in [3.63, 3.8) is 0 Å². The molecule has 0 spiro atoms. The van der Waals surface area contributed by atoms with Crippen molar-refractivity contribution >= 4 is 0 Å². The van der Waals surface area contributed by atoms with Crippen LogP contribution in [0.2, 0.25) is 0 Å². The summed E-state index contributed by atoms with van der Waals surface area (Å²) in [4.78, 5) is 2.78. The normalized spacial score (nSPS) is 38.4. The number of nitrogens with two attached hydrogens (primary N) is 1. The van der Waals surface area contributed by atoms with Crippen LogP contribution in [0, 0.1) is 5.92 Å². The van der Waals surface area contributed by atoms with Crippen LogP contribution >= 0.6 is 0 Å². The Morgan fingerprint density at radius 3 is 1.95 bits per heavy atom. The van der Waals surface area contributed by atoms with E-state index in [9.17, 15) is 0 Å². The minimum Gasteiger partial charge on any atom is -0.326 e. The van der Waals surface area contributed by atoms with Crippen molar-refractivity contribution in [1.82, 2.24) is 4.90 Å². The molecule has 2 rings (SSSR count). The van der Waals surface area contributed by atoms with Crippen LogP contribution in [-0.4, -0.2) is 29.6 Å². The summed E-state index contributed by atoms with van der Waals surface area (Å²) in [6, 6.07) is 1.77. The summed E-state index contributed by atoms with van der Waals surface area (Å²) in [5.74, 6) is 0.840. The van der Waals surface area contributed by atoms with Gasteiger partial charge in [-0.1, -0.05) is 58.3 Å². The van der Waals surface area contributed by atoms with E-state index in [4.69, 9.17) is 5.73 Å². The Hall–Kier alpha value is -0.0800. The molecule has 2 fully saturated rings. The molecule has 0 radical (unpaired) electrons. The zero-order chi connectivity index (χ0) is 15.1. The lowest BCUT2D eigenvalue weighted by molar-refractivity contribution is 0.0485. The van der Waals surface area contributed by atoms with E-state index in [2.05, 4.69) is 18.7 Å². The second kappa shape index (κ2) is 9.15. The van der Waals surface area contributed by atoms with Gasteiger partial charge in [-0.15, -0.1) is 0 Å². The van der Waals surface area contributed by atoms with Crippen molar-refractivity contribution < 1.29 is 0 Å². The van der Waals surface area contributed by atoms with Gasteiger partial charge in [0.2, 0.25) is 0 Å². The van der Waals surface area contributed by atoms with E-state index in [1.54, 1.807) is 0 Å². The maximum Gasteiger partial charge on any atom is 0.0250 e. The number of hydrogen-bond acceptors (Lipinski definition) is 2. The molecule has 1 aliphatic heterocycles. The van der Waals surface area contributed by atoms with Crippen molar-refractivity contribution in [2.75, 3.05) is 6.54 Å². The predicted octanol–water partition coefficient (Wildman–Crippen LogP) is 4.72. The first-order chi connectivity index (χ1) is 10.2. The van der Waals surface area contributed by atoms with Crippen LogP contribution in [0.3, 0.4) is 0 Å². The Kier molecular flexibility index (Phi) is 7.53. The number of nitrogens with zero attached hydrogens (tertiary/aromatic N) is 1. The first kappa shape index (κ1) is 17.3. The summed E-state index contributed by atoms with van der Waals surface area (Å²) in [6.07, 6.45) is 16.6. The molecular formula is C19H38N2. The van der Waals surface area contributed by atoms with Crippen molar-refractivity contribution in [2.24, 2.45) is 11.7 Å². The molecule has 4 atom stereocenters. The SMILES string of the molecule is CC1CCCN(C2CCCCCCCCCCC2N)C1C. The minimum absolute atomic E-state index is 0.400. The molecule has 1 saturated carbocycles. The van der Waals surface area contributed by atoms with E-state index < -0.39 is 0 Å². The molecule has 1 saturated heterocycles. The van der Waals surface area contributed by atoms with Gasteiger partial charge in [0.05, 0.1) is 0 Å². The quantitative estimate of drug-likeness (QED) is 0.758. The van der Waals surface area contributed by atoms with Crippen LogP contribution in [0.4, 0.5) is 0 Å². The van der Waals surface area contributed by atoms with Crippen molar-refractivity contribution in [3.8, 4) is 0 Å². The second-order valence-electron chi connectivity index (χ2n) is 7.73. The Bertz CT molecular complexity index is 279. The lowest BCUT2D eigenvalue weighted by Crippen LogP contribution is -2.55. The molecule has 2 N–H and O–H groups in total. The molecule has 0 bridgehead atoms. The molecule has 0 aromatic heterocycles. The van der Waals surface area contributed by atoms with Gasteiger partial charge in [-0.2, -0.15) is 0 Å². The Morgan fingerprint density at radius 1 is 0.714 bits per heavy atom. The molecule has 0 amide bonds. The van der Waals surface area contributed by atoms with Gasteiger partial charge in [0.15, 0.2) is 0 Å².